The summed E-state index contributed by atoms with van der Waals surface area (Å²) in [6, 6.07) is 12.5. The highest BCUT2D eigenvalue weighted by molar-refractivity contribution is 5.94. The van der Waals surface area contributed by atoms with Gasteiger partial charge in [0, 0.05) is 36.4 Å². The number of halogens is 4. The first-order valence-corrected chi connectivity index (χ1v) is 11.9. The van der Waals surface area contributed by atoms with Crippen LogP contribution < -0.4 is 20.1 Å². The number of carbonyl (C=O) groups excluding carboxylic acids is 2. The molecule has 0 bridgehead atoms. The van der Waals surface area contributed by atoms with E-state index in [0.717, 1.165) is 32.1 Å². The zero-order valence-corrected chi connectivity index (χ0v) is 20.3. The molecular weight excluding hydrogens is 492 g/mol. The van der Waals surface area contributed by atoms with Crippen LogP contribution >= 0.6 is 0 Å². The highest BCUT2D eigenvalue weighted by Gasteiger charge is 2.06. The highest BCUT2D eigenvalue weighted by Crippen LogP contribution is 2.14. The predicted octanol–water partition coefficient (Wildman–Crippen LogP) is 6.12. The van der Waals surface area contributed by atoms with Gasteiger partial charge in [-0.05, 0) is 61.4 Å². The Morgan fingerprint density at radius 1 is 0.595 bits per heavy atom. The standard InChI is InChI=1S/C27H30F4N2O4/c28-24(29)14-18-36-22-10-6-20(7-11-22)26(34)32-16-4-2-1-3-5-17-33-27(35)21-8-12-23(13-9-21)37-19-15-25(30)31/h6-15H,1-5,16-19H2,(H,32,34)(H,33,35). The third-order valence-electron chi connectivity index (χ3n) is 5.13. The van der Waals surface area contributed by atoms with Crippen molar-refractivity contribution < 1.29 is 36.6 Å². The molecule has 6 nitrogen and oxygen atoms in total. The molecule has 10 heteroatoms. The van der Waals surface area contributed by atoms with Crippen molar-refractivity contribution in [1.29, 1.82) is 0 Å². The fraction of sp³-hybridized carbons (Fsp3) is 0.333. The molecule has 0 atom stereocenters. The number of nitrogens with one attached hydrogen (secondary N) is 2. The molecule has 0 unspecified atom stereocenters. The van der Waals surface area contributed by atoms with Gasteiger partial charge < -0.3 is 20.1 Å². The van der Waals surface area contributed by atoms with E-state index in [1.165, 1.54) is 0 Å². The summed E-state index contributed by atoms with van der Waals surface area (Å²) in [5, 5.41) is 5.68. The average molecular weight is 523 g/mol. The Kier molecular flexibility index (Phi) is 13.3. The molecule has 2 N–H and O–H groups in total. The summed E-state index contributed by atoms with van der Waals surface area (Å²) in [5.74, 6) is 0.370. The third-order valence-corrected chi connectivity index (χ3v) is 5.13. The SMILES string of the molecule is O=C(NCCCCCCCNC(=O)c1ccc(OCC=C(F)F)cc1)c1ccc(OCC=C(F)F)cc1. The molecule has 0 aliphatic heterocycles. The molecule has 0 aromatic heterocycles. The van der Waals surface area contributed by atoms with E-state index < -0.39 is 12.2 Å². The van der Waals surface area contributed by atoms with Gasteiger partial charge in [-0.25, -0.2) is 0 Å². The number of hydrogen-bond acceptors (Lipinski definition) is 4. The fourth-order valence-corrected chi connectivity index (χ4v) is 3.20. The number of ether oxygens (including phenoxy) is 2. The second-order valence-corrected chi connectivity index (χ2v) is 7.94. The minimum absolute atomic E-state index is 0.214. The molecule has 2 aromatic carbocycles. The fourth-order valence-electron chi connectivity index (χ4n) is 3.20. The summed E-state index contributed by atoms with van der Waals surface area (Å²) in [4.78, 5) is 24.3. The summed E-state index contributed by atoms with van der Waals surface area (Å²) < 4.78 is 58.2. The van der Waals surface area contributed by atoms with Crippen LogP contribution in [0.5, 0.6) is 11.5 Å². The van der Waals surface area contributed by atoms with Crippen molar-refractivity contribution >= 4 is 11.8 Å². The van der Waals surface area contributed by atoms with Crippen molar-refractivity contribution in [2.45, 2.75) is 32.1 Å². The second kappa shape index (κ2) is 16.8. The van der Waals surface area contributed by atoms with Crippen LogP contribution in [0.2, 0.25) is 0 Å². The minimum atomic E-state index is -1.81. The van der Waals surface area contributed by atoms with Gasteiger partial charge >= 0.3 is 0 Å². The van der Waals surface area contributed by atoms with Crippen LogP contribution in [0.25, 0.3) is 0 Å². The Morgan fingerprint density at radius 2 is 0.946 bits per heavy atom. The largest absolute Gasteiger partial charge is 0.489 e. The predicted molar refractivity (Wildman–Crippen MR) is 132 cm³/mol. The highest BCUT2D eigenvalue weighted by atomic mass is 19.3. The molecule has 37 heavy (non-hydrogen) atoms. The van der Waals surface area contributed by atoms with Gasteiger partial charge in [0.25, 0.3) is 24.0 Å². The van der Waals surface area contributed by atoms with Gasteiger partial charge in [0.1, 0.15) is 24.7 Å². The number of benzene rings is 2. The molecular formula is C27H30F4N2O4. The van der Waals surface area contributed by atoms with Gasteiger partial charge in [0.05, 0.1) is 0 Å². The maximum Gasteiger partial charge on any atom is 0.269 e. The van der Waals surface area contributed by atoms with E-state index in [1.54, 1.807) is 48.5 Å². The number of carbonyl (C=O) groups is 2. The molecule has 0 heterocycles. The van der Waals surface area contributed by atoms with E-state index in [0.29, 0.717) is 47.9 Å². The molecule has 200 valence electrons. The van der Waals surface area contributed by atoms with Gasteiger partial charge in [-0.15, -0.1) is 0 Å². The van der Waals surface area contributed by atoms with E-state index in [9.17, 15) is 27.2 Å². The van der Waals surface area contributed by atoms with Crippen LogP contribution in [0.1, 0.15) is 52.8 Å². The molecule has 0 aliphatic carbocycles. The Hall–Kier alpha value is -3.82. The zero-order valence-electron chi connectivity index (χ0n) is 20.3. The zero-order chi connectivity index (χ0) is 26.9. The molecule has 0 spiro atoms. The first kappa shape index (κ1) is 29.4. The van der Waals surface area contributed by atoms with Crippen LogP contribution in [0, 0.1) is 0 Å². The van der Waals surface area contributed by atoms with Gasteiger partial charge in [-0.2, -0.15) is 17.6 Å². The number of rotatable bonds is 16. The summed E-state index contributed by atoms with van der Waals surface area (Å²) >= 11 is 0. The Morgan fingerprint density at radius 3 is 1.30 bits per heavy atom. The van der Waals surface area contributed by atoms with Crippen LogP contribution in [-0.4, -0.2) is 38.1 Å². The van der Waals surface area contributed by atoms with Crippen molar-refractivity contribution in [2.75, 3.05) is 26.3 Å². The Bertz CT molecular complexity index is 950. The lowest BCUT2D eigenvalue weighted by atomic mass is 10.1. The van der Waals surface area contributed by atoms with Crippen molar-refractivity contribution in [2.24, 2.45) is 0 Å². The molecule has 2 aromatic rings. The van der Waals surface area contributed by atoms with Crippen LogP contribution in [0.4, 0.5) is 17.6 Å². The quantitative estimate of drug-likeness (QED) is 0.206. The van der Waals surface area contributed by atoms with Gasteiger partial charge in [0.2, 0.25) is 0 Å². The lowest BCUT2D eigenvalue weighted by Gasteiger charge is -2.08. The summed E-state index contributed by atoms with van der Waals surface area (Å²) in [6.07, 6.45) is 2.19. The average Bonchev–Trinajstić information content (AvgIpc) is 2.88. The molecule has 2 amide bonds. The smallest absolute Gasteiger partial charge is 0.269 e. The van der Waals surface area contributed by atoms with Crippen molar-refractivity contribution in [3.63, 3.8) is 0 Å². The van der Waals surface area contributed by atoms with Crippen LogP contribution in [0.3, 0.4) is 0 Å². The lowest BCUT2D eigenvalue weighted by Crippen LogP contribution is -2.24. The first-order chi connectivity index (χ1) is 17.8. The Labute approximate surface area is 213 Å². The Balaban J connectivity index is 1.51. The molecule has 0 saturated heterocycles. The molecule has 2 rings (SSSR count). The lowest BCUT2D eigenvalue weighted by molar-refractivity contribution is 0.0945. The monoisotopic (exact) mass is 522 g/mol. The van der Waals surface area contributed by atoms with Crippen molar-refractivity contribution in [1.82, 2.24) is 10.6 Å². The normalized spacial score (nSPS) is 10.3. The van der Waals surface area contributed by atoms with E-state index >= 15 is 0 Å². The van der Waals surface area contributed by atoms with Crippen LogP contribution in [-0.2, 0) is 0 Å². The van der Waals surface area contributed by atoms with E-state index in [1.807, 2.05) is 0 Å². The molecule has 0 fully saturated rings. The van der Waals surface area contributed by atoms with Gasteiger partial charge in [0.15, 0.2) is 0 Å². The van der Waals surface area contributed by atoms with E-state index in [2.05, 4.69) is 10.6 Å². The van der Waals surface area contributed by atoms with E-state index in [-0.39, 0.29) is 25.0 Å². The maximum atomic E-state index is 12.2. The van der Waals surface area contributed by atoms with Gasteiger partial charge in [-0.3, -0.25) is 9.59 Å². The van der Waals surface area contributed by atoms with E-state index in [4.69, 9.17) is 9.47 Å². The van der Waals surface area contributed by atoms with Crippen molar-refractivity contribution in [3.05, 3.63) is 84.0 Å². The third kappa shape index (κ3) is 12.6. The summed E-state index contributed by atoms with van der Waals surface area (Å²) in [6.45, 7) is 0.592. The minimum Gasteiger partial charge on any atom is -0.489 e. The first-order valence-electron chi connectivity index (χ1n) is 11.9. The molecule has 0 aliphatic rings. The molecule has 0 radical (unpaired) electrons. The molecule has 0 saturated carbocycles. The van der Waals surface area contributed by atoms with Crippen molar-refractivity contribution in [3.8, 4) is 11.5 Å². The maximum absolute atomic E-state index is 12.2. The topological polar surface area (TPSA) is 76.7 Å². The number of unbranched alkanes of at least 4 members (excludes halogenated alkanes) is 4. The summed E-state index contributed by atoms with van der Waals surface area (Å²) in [7, 11) is 0. The van der Waals surface area contributed by atoms with Gasteiger partial charge in [-0.1, -0.05) is 19.3 Å². The summed E-state index contributed by atoms with van der Waals surface area (Å²) in [5.41, 5.74) is 0.920. The van der Waals surface area contributed by atoms with Crippen LogP contribution in [0.15, 0.2) is 72.8 Å². The number of amides is 2. The second-order valence-electron chi connectivity index (χ2n) is 7.94. The number of hydrogen-bond donors (Lipinski definition) is 2.